The van der Waals surface area contributed by atoms with E-state index in [1.807, 2.05) is 10.7 Å². The predicted molar refractivity (Wildman–Crippen MR) is 91.1 cm³/mol. The second kappa shape index (κ2) is 5.62. The average Bonchev–Trinajstić information content (AvgIpc) is 3.08. The minimum atomic E-state index is -2.50. The number of nitrogens with zero attached hydrogens (tertiary/aromatic N) is 4. The molecule has 4 rings (SSSR count). The largest absolute Gasteiger partial charge is 0.347 e. The molecule has 2 aliphatic rings. The summed E-state index contributed by atoms with van der Waals surface area (Å²) in [5.41, 5.74) is 7.08. The lowest BCUT2D eigenvalue weighted by Crippen LogP contribution is -2.48. The van der Waals surface area contributed by atoms with Crippen molar-refractivity contribution >= 4 is 21.4 Å². The normalized spacial score (nSPS) is 24.6. The monoisotopic (exact) mass is 355 g/mol. The molecule has 2 aromatic rings. The highest BCUT2D eigenvalue weighted by Gasteiger charge is 2.37. The fourth-order valence-electron chi connectivity index (χ4n) is 3.65. The van der Waals surface area contributed by atoms with Gasteiger partial charge >= 0.3 is 0 Å². The average molecular weight is 355 g/mol. The number of anilines is 1. The molecule has 3 heterocycles. The third kappa shape index (κ3) is 3.01. The van der Waals surface area contributed by atoms with Crippen molar-refractivity contribution in [3.8, 4) is 0 Å². The van der Waals surface area contributed by atoms with Crippen molar-refractivity contribution in [1.82, 2.24) is 14.6 Å². The molecule has 1 saturated heterocycles. The Labute approximate surface area is 143 Å². The van der Waals surface area contributed by atoms with Crippen molar-refractivity contribution in [3.63, 3.8) is 0 Å². The zero-order valence-corrected chi connectivity index (χ0v) is 14.7. The summed E-state index contributed by atoms with van der Waals surface area (Å²) < 4.78 is 28.6. The smallest absolute Gasteiger partial charge is 0.248 e. The molecule has 5 nitrogen and oxygen atoms in total. The number of fused-ring (bicyclic) bond motifs is 1. The third-order valence-electron chi connectivity index (χ3n) is 5.41. The quantitative estimate of drug-likeness (QED) is 0.897. The van der Waals surface area contributed by atoms with Crippen LogP contribution in [0, 0.1) is 0 Å². The maximum atomic E-state index is 13.4. The van der Waals surface area contributed by atoms with E-state index in [0.29, 0.717) is 12.8 Å². The number of aromatic nitrogens is 3. The van der Waals surface area contributed by atoms with E-state index in [-0.39, 0.29) is 24.3 Å². The molecule has 2 aromatic heterocycles. The van der Waals surface area contributed by atoms with Crippen LogP contribution in [0.2, 0.25) is 0 Å². The summed E-state index contributed by atoms with van der Waals surface area (Å²) in [6, 6.07) is 0. The number of nitrogens with two attached hydrogens (primary N) is 1. The van der Waals surface area contributed by atoms with Crippen LogP contribution in [-0.2, 0) is 0 Å². The highest BCUT2D eigenvalue weighted by Crippen LogP contribution is 2.41. The van der Waals surface area contributed by atoms with Crippen LogP contribution >= 0.6 is 11.3 Å². The number of alkyl halides is 2. The van der Waals surface area contributed by atoms with Gasteiger partial charge < -0.3 is 10.6 Å². The van der Waals surface area contributed by atoms with E-state index in [0.717, 1.165) is 41.7 Å². The van der Waals surface area contributed by atoms with Gasteiger partial charge in [-0.05, 0) is 32.6 Å². The lowest BCUT2D eigenvalue weighted by Gasteiger charge is -2.36. The first-order valence-corrected chi connectivity index (χ1v) is 9.41. The van der Waals surface area contributed by atoms with Gasteiger partial charge in [0.15, 0.2) is 0 Å². The number of imidazole rings is 1. The van der Waals surface area contributed by atoms with Crippen molar-refractivity contribution in [2.45, 2.75) is 62.8 Å². The van der Waals surface area contributed by atoms with Gasteiger partial charge in [0.2, 0.25) is 16.0 Å². The van der Waals surface area contributed by atoms with Gasteiger partial charge in [-0.1, -0.05) is 11.3 Å². The Morgan fingerprint density at radius 2 is 1.88 bits per heavy atom. The first-order chi connectivity index (χ1) is 11.3. The van der Waals surface area contributed by atoms with Gasteiger partial charge in [-0.3, -0.25) is 0 Å². The molecule has 0 aromatic carbocycles. The zero-order chi connectivity index (χ0) is 16.9. The molecule has 0 spiro atoms. The van der Waals surface area contributed by atoms with Crippen molar-refractivity contribution in [2.24, 2.45) is 5.73 Å². The van der Waals surface area contributed by atoms with E-state index in [2.05, 4.69) is 16.8 Å². The molecular weight excluding hydrogens is 332 g/mol. The fourth-order valence-corrected chi connectivity index (χ4v) is 4.59. The van der Waals surface area contributed by atoms with Gasteiger partial charge in [0.05, 0.1) is 11.9 Å². The van der Waals surface area contributed by atoms with E-state index in [1.54, 1.807) is 11.3 Å². The molecule has 0 unspecified atom stereocenters. The lowest BCUT2D eigenvalue weighted by atomic mass is 9.85. The van der Waals surface area contributed by atoms with Crippen LogP contribution in [-0.4, -0.2) is 39.1 Å². The van der Waals surface area contributed by atoms with Gasteiger partial charge in [0.25, 0.3) is 0 Å². The summed E-state index contributed by atoms with van der Waals surface area (Å²) in [6.07, 6.45) is 4.63. The van der Waals surface area contributed by atoms with Crippen molar-refractivity contribution in [2.75, 3.05) is 18.0 Å². The van der Waals surface area contributed by atoms with Gasteiger partial charge in [-0.15, -0.1) is 5.10 Å². The second-order valence-electron chi connectivity index (χ2n) is 7.53. The second-order valence-corrected chi connectivity index (χ2v) is 8.47. The molecule has 8 heteroatoms. The maximum Gasteiger partial charge on any atom is 0.248 e. The molecule has 24 heavy (non-hydrogen) atoms. The Hall–Kier alpha value is -1.28. The van der Waals surface area contributed by atoms with E-state index >= 15 is 0 Å². The predicted octanol–water partition coefficient (Wildman–Crippen LogP) is 3.40. The summed E-state index contributed by atoms with van der Waals surface area (Å²) in [5.74, 6) is -2.38. The summed E-state index contributed by atoms with van der Waals surface area (Å²) in [7, 11) is 0. The molecule has 1 aliphatic carbocycles. The molecule has 0 radical (unpaired) electrons. The number of halogens is 2. The minimum Gasteiger partial charge on any atom is -0.347 e. The Kier molecular flexibility index (Phi) is 3.80. The molecule has 2 N–H and O–H groups in total. The molecule has 1 aliphatic heterocycles. The summed E-state index contributed by atoms with van der Waals surface area (Å²) in [6.45, 7) is 3.89. The van der Waals surface area contributed by atoms with E-state index in [4.69, 9.17) is 10.8 Å². The molecule has 0 bridgehead atoms. The SMILES string of the molecule is CC1(N)CCN(c2nn3c(C4CCC(F)(F)CC4)cnc3s2)CC1. The number of hydrogen-bond donors (Lipinski definition) is 1. The number of piperidine rings is 1. The van der Waals surface area contributed by atoms with Gasteiger partial charge in [0, 0.05) is 37.4 Å². The number of rotatable bonds is 2. The third-order valence-corrected chi connectivity index (χ3v) is 6.40. The summed E-state index contributed by atoms with van der Waals surface area (Å²) in [5, 5.41) is 5.68. The highest BCUT2D eigenvalue weighted by molar-refractivity contribution is 7.20. The van der Waals surface area contributed by atoms with Crippen LogP contribution < -0.4 is 10.6 Å². The van der Waals surface area contributed by atoms with Gasteiger partial charge in [0.1, 0.15) is 0 Å². The molecule has 2 fully saturated rings. The van der Waals surface area contributed by atoms with Crippen LogP contribution in [0.3, 0.4) is 0 Å². The Balaban J connectivity index is 1.54. The van der Waals surface area contributed by atoms with E-state index < -0.39 is 5.92 Å². The van der Waals surface area contributed by atoms with Crippen LogP contribution in [0.15, 0.2) is 6.20 Å². The Morgan fingerprint density at radius 3 is 2.54 bits per heavy atom. The van der Waals surface area contributed by atoms with Gasteiger partial charge in [-0.2, -0.15) is 0 Å². The maximum absolute atomic E-state index is 13.4. The molecular formula is C16H23F2N5S. The summed E-state index contributed by atoms with van der Waals surface area (Å²) >= 11 is 1.57. The first kappa shape index (κ1) is 16.2. The van der Waals surface area contributed by atoms with Crippen molar-refractivity contribution in [3.05, 3.63) is 11.9 Å². The minimum absolute atomic E-state index is 0.0386. The molecule has 0 amide bonds. The van der Waals surface area contributed by atoms with Crippen molar-refractivity contribution < 1.29 is 8.78 Å². The Bertz CT molecular complexity index is 718. The summed E-state index contributed by atoms with van der Waals surface area (Å²) in [4.78, 5) is 7.56. The van der Waals surface area contributed by atoms with Crippen LogP contribution in [0.25, 0.3) is 4.96 Å². The van der Waals surface area contributed by atoms with Crippen molar-refractivity contribution in [1.29, 1.82) is 0 Å². The number of hydrogen-bond acceptors (Lipinski definition) is 5. The van der Waals surface area contributed by atoms with E-state index in [1.165, 1.54) is 0 Å². The van der Waals surface area contributed by atoms with E-state index in [9.17, 15) is 8.78 Å². The Morgan fingerprint density at radius 1 is 1.21 bits per heavy atom. The topological polar surface area (TPSA) is 59.5 Å². The molecule has 132 valence electrons. The molecule has 1 saturated carbocycles. The molecule has 0 atom stereocenters. The van der Waals surface area contributed by atoms with Crippen LogP contribution in [0.4, 0.5) is 13.9 Å². The highest BCUT2D eigenvalue weighted by atomic mass is 32.1. The fraction of sp³-hybridized carbons (Fsp3) is 0.750. The van der Waals surface area contributed by atoms with Crippen LogP contribution in [0.1, 0.15) is 57.1 Å². The van der Waals surface area contributed by atoms with Crippen LogP contribution in [0.5, 0.6) is 0 Å². The zero-order valence-electron chi connectivity index (χ0n) is 13.8. The first-order valence-electron chi connectivity index (χ1n) is 8.59. The van der Waals surface area contributed by atoms with Gasteiger partial charge in [-0.25, -0.2) is 18.3 Å². The standard InChI is InChI=1S/C16H23F2N5S/c1-15(19)6-8-22(9-7-15)14-21-23-12(10-20-13(23)24-14)11-2-4-16(17,18)5-3-11/h10-11H,2-9,19H2,1H3. The lowest BCUT2D eigenvalue weighted by molar-refractivity contribution is -0.0385.